The topological polar surface area (TPSA) is 112 Å². The van der Waals surface area contributed by atoms with E-state index in [0.29, 0.717) is 16.9 Å². The molecular formula is C22H23N5O4. The molecule has 1 aromatic carbocycles. The zero-order chi connectivity index (χ0) is 22.3. The number of aromatic nitrogens is 5. The summed E-state index contributed by atoms with van der Waals surface area (Å²) in [6.07, 6.45) is 1.30. The van der Waals surface area contributed by atoms with Crippen molar-refractivity contribution in [2.45, 2.75) is 32.9 Å². The standard InChI is InChI=1S/C22H23N5O4/c1-12(2)27-20-16-9-14(5-8-18(16)24-25-21(20)26(4)22(27)30)15-6-7-17(23-10-15)13(3)31-11-19(28)29/h5-10,12-13H,11H2,1-4H3,(H,28,29). The minimum Gasteiger partial charge on any atom is -0.480 e. The zero-order valence-electron chi connectivity index (χ0n) is 17.7. The van der Waals surface area contributed by atoms with Gasteiger partial charge in [0.1, 0.15) is 12.1 Å². The molecule has 0 aliphatic carbocycles. The molecule has 0 bridgehead atoms. The van der Waals surface area contributed by atoms with Crippen LogP contribution in [0.25, 0.3) is 33.2 Å². The number of ether oxygens (including phenoxy) is 1. The molecule has 9 nitrogen and oxygen atoms in total. The molecule has 0 saturated carbocycles. The van der Waals surface area contributed by atoms with Gasteiger partial charge in [0.15, 0.2) is 5.65 Å². The quantitative estimate of drug-likeness (QED) is 0.509. The molecule has 0 aliphatic heterocycles. The number of carbonyl (C=O) groups is 1. The van der Waals surface area contributed by atoms with Crippen molar-refractivity contribution in [1.29, 1.82) is 0 Å². The number of hydrogen-bond acceptors (Lipinski definition) is 6. The lowest BCUT2D eigenvalue weighted by Crippen LogP contribution is -2.23. The monoisotopic (exact) mass is 421 g/mol. The van der Waals surface area contributed by atoms with Gasteiger partial charge in [0, 0.05) is 30.2 Å². The van der Waals surface area contributed by atoms with E-state index in [-0.39, 0.29) is 18.3 Å². The highest BCUT2D eigenvalue weighted by Gasteiger charge is 2.18. The number of benzene rings is 1. The Kier molecular flexibility index (Phi) is 5.28. The van der Waals surface area contributed by atoms with Crippen molar-refractivity contribution in [2.75, 3.05) is 6.61 Å². The lowest BCUT2D eigenvalue weighted by Gasteiger charge is -2.12. The molecule has 4 rings (SSSR count). The Hall–Kier alpha value is -3.59. The Balaban J connectivity index is 1.79. The first-order valence-electron chi connectivity index (χ1n) is 9.95. The predicted octanol–water partition coefficient (Wildman–Crippen LogP) is 3.09. The van der Waals surface area contributed by atoms with Crippen molar-refractivity contribution in [2.24, 2.45) is 7.05 Å². The molecule has 0 spiro atoms. The summed E-state index contributed by atoms with van der Waals surface area (Å²) in [5, 5.41) is 18.1. The fourth-order valence-corrected chi connectivity index (χ4v) is 3.65. The van der Waals surface area contributed by atoms with E-state index in [9.17, 15) is 9.59 Å². The number of carboxylic acids is 1. The van der Waals surface area contributed by atoms with Crippen molar-refractivity contribution in [3.8, 4) is 11.1 Å². The number of imidazole rings is 1. The minimum atomic E-state index is -1.02. The van der Waals surface area contributed by atoms with Gasteiger partial charge in [-0.2, -0.15) is 0 Å². The highest BCUT2D eigenvalue weighted by molar-refractivity contribution is 6.02. The molecule has 9 heteroatoms. The Morgan fingerprint density at radius 1 is 1.13 bits per heavy atom. The molecule has 0 amide bonds. The van der Waals surface area contributed by atoms with Crippen molar-refractivity contribution in [3.05, 3.63) is 52.7 Å². The number of nitrogens with zero attached hydrogens (tertiary/aromatic N) is 5. The number of hydrogen-bond donors (Lipinski definition) is 1. The van der Waals surface area contributed by atoms with Crippen molar-refractivity contribution in [3.63, 3.8) is 0 Å². The molecule has 4 aromatic rings. The van der Waals surface area contributed by atoms with Crippen LogP contribution in [0.3, 0.4) is 0 Å². The number of fused-ring (bicyclic) bond motifs is 3. The average molecular weight is 421 g/mol. The van der Waals surface area contributed by atoms with Gasteiger partial charge in [0.05, 0.1) is 17.3 Å². The second kappa shape index (κ2) is 7.92. The second-order valence-electron chi connectivity index (χ2n) is 7.73. The first kappa shape index (κ1) is 20.7. The summed E-state index contributed by atoms with van der Waals surface area (Å²) >= 11 is 0. The van der Waals surface area contributed by atoms with E-state index < -0.39 is 12.1 Å². The van der Waals surface area contributed by atoms with Gasteiger partial charge in [0.25, 0.3) is 0 Å². The van der Waals surface area contributed by atoms with Crippen LogP contribution in [0.2, 0.25) is 0 Å². The van der Waals surface area contributed by atoms with Crippen LogP contribution in [0.4, 0.5) is 0 Å². The largest absolute Gasteiger partial charge is 0.480 e. The third kappa shape index (κ3) is 3.68. The Morgan fingerprint density at radius 3 is 2.52 bits per heavy atom. The van der Waals surface area contributed by atoms with Crippen LogP contribution >= 0.6 is 0 Å². The van der Waals surface area contributed by atoms with E-state index >= 15 is 0 Å². The minimum absolute atomic E-state index is 0.0273. The lowest BCUT2D eigenvalue weighted by molar-refractivity contribution is -0.144. The van der Waals surface area contributed by atoms with Crippen LogP contribution < -0.4 is 5.69 Å². The van der Waals surface area contributed by atoms with Crippen molar-refractivity contribution in [1.82, 2.24) is 24.3 Å². The molecule has 0 fully saturated rings. The van der Waals surface area contributed by atoms with E-state index in [4.69, 9.17) is 9.84 Å². The molecule has 0 radical (unpaired) electrons. The van der Waals surface area contributed by atoms with Crippen LogP contribution in [0, 0.1) is 0 Å². The van der Waals surface area contributed by atoms with E-state index in [2.05, 4.69) is 15.2 Å². The molecule has 31 heavy (non-hydrogen) atoms. The summed E-state index contributed by atoms with van der Waals surface area (Å²) in [5.74, 6) is -1.02. The lowest BCUT2D eigenvalue weighted by atomic mass is 10.0. The van der Waals surface area contributed by atoms with Crippen molar-refractivity contribution < 1.29 is 14.6 Å². The normalized spacial score (nSPS) is 12.7. The van der Waals surface area contributed by atoms with Gasteiger partial charge in [-0.3, -0.25) is 14.1 Å². The molecule has 3 heterocycles. The number of aryl methyl sites for hydroxylation is 1. The molecule has 0 aliphatic rings. The molecule has 3 aromatic heterocycles. The van der Waals surface area contributed by atoms with E-state index in [1.165, 1.54) is 4.57 Å². The predicted molar refractivity (Wildman–Crippen MR) is 116 cm³/mol. The van der Waals surface area contributed by atoms with Crippen LogP contribution in [0.1, 0.15) is 38.6 Å². The molecule has 0 saturated heterocycles. The first-order chi connectivity index (χ1) is 14.8. The summed E-state index contributed by atoms with van der Waals surface area (Å²) in [7, 11) is 1.70. The van der Waals surface area contributed by atoms with Crippen molar-refractivity contribution >= 4 is 28.0 Å². The Morgan fingerprint density at radius 2 is 1.87 bits per heavy atom. The van der Waals surface area contributed by atoms with E-state index in [1.54, 1.807) is 24.7 Å². The molecular weight excluding hydrogens is 398 g/mol. The molecule has 1 unspecified atom stereocenters. The van der Waals surface area contributed by atoms with Gasteiger partial charge < -0.3 is 9.84 Å². The summed E-state index contributed by atoms with van der Waals surface area (Å²) in [4.78, 5) is 27.8. The highest BCUT2D eigenvalue weighted by atomic mass is 16.5. The zero-order valence-corrected chi connectivity index (χ0v) is 17.7. The third-order valence-electron chi connectivity index (χ3n) is 5.28. The third-order valence-corrected chi connectivity index (χ3v) is 5.28. The maximum atomic E-state index is 12.7. The van der Waals surface area contributed by atoms with Crippen LogP contribution in [-0.4, -0.2) is 42.0 Å². The fraction of sp³-hybridized carbons (Fsp3) is 0.318. The highest BCUT2D eigenvalue weighted by Crippen LogP contribution is 2.29. The van der Waals surface area contributed by atoms with Gasteiger partial charge in [-0.15, -0.1) is 10.2 Å². The smallest absolute Gasteiger partial charge is 0.330 e. The number of aliphatic carboxylic acids is 1. The average Bonchev–Trinajstić information content (AvgIpc) is 3.02. The van der Waals surface area contributed by atoms with Gasteiger partial charge in [0.2, 0.25) is 0 Å². The molecule has 1 N–H and O–H groups in total. The number of pyridine rings is 1. The van der Waals surface area contributed by atoms with Crippen LogP contribution in [0.5, 0.6) is 0 Å². The number of rotatable bonds is 6. The summed E-state index contributed by atoms with van der Waals surface area (Å²) < 4.78 is 8.53. The van der Waals surface area contributed by atoms with Gasteiger partial charge in [-0.05, 0) is 44.5 Å². The van der Waals surface area contributed by atoms with E-state index in [0.717, 1.165) is 22.0 Å². The maximum Gasteiger partial charge on any atom is 0.330 e. The SMILES string of the molecule is CC(OCC(=O)O)c1ccc(-c2ccc3nnc4c(c3c2)n(C(C)C)c(=O)n4C)cn1. The summed E-state index contributed by atoms with van der Waals surface area (Å²) in [6, 6.07) is 9.51. The second-order valence-corrected chi connectivity index (χ2v) is 7.73. The molecule has 1 atom stereocenters. The first-order valence-corrected chi connectivity index (χ1v) is 9.95. The van der Waals surface area contributed by atoms with Crippen LogP contribution in [-0.2, 0) is 16.6 Å². The fourth-order valence-electron chi connectivity index (χ4n) is 3.65. The van der Waals surface area contributed by atoms with Gasteiger partial charge in [-0.25, -0.2) is 9.59 Å². The summed E-state index contributed by atoms with van der Waals surface area (Å²) in [6.45, 7) is 5.32. The maximum absolute atomic E-state index is 12.7. The molecule has 160 valence electrons. The van der Waals surface area contributed by atoms with Crippen LogP contribution in [0.15, 0.2) is 41.3 Å². The van der Waals surface area contributed by atoms with E-state index in [1.807, 2.05) is 44.2 Å². The number of carboxylic acid groups (broad SMARTS) is 1. The van der Waals surface area contributed by atoms with Gasteiger partial charge >= 0.3 is 11.7 Å². The Bertz CT molecular complexity index is 1340. The van der Waals surface area contributed by atoms with Gasteiger partial charge in [-0.1, -0.05) is 12.1 Å². The Labute approximate surface area is 177 Å². The summed E-state index contributed by atoms with van der Waals surface area (Å²) in [5.41, 5.74) is 4.34.